The van der Waals surface area contributed by atoms with E-state index in [9.17, 15) is 8.78 Å². The number of anilines is 4. The van der Waals surface area contributed by atoms with Crippen LogP contribution in [-0.2, 0) is 0 Å². The zero-order chi connectivity index (χ0) is 16.2. The SMILES string of the molecule is Fc1ccc(Nc2cnnc(Nc3ccccc3Br)n2)c(F)c1. The average Bonchev–Trinajstić information content (AvgIpc) is 2.53. The molecule has 2 aromatic carbocycles. The van der Waals surface area contributed by atoms with Gasteiger partial charge in [-0.15, -0.1) is 5.10 Å². The van der Waals surface area contributed by atoms with E-state index in [-0.39, 0.29) is 17.5 Å². The Hall–Kier alpha value is -2.61. The molecule has 0 saturated carbocycles. The minimum absolute atomic E-state index is 0.0961. The van der Waals surface area contributed by atoms with Gasteiger partial charge in [0, 0.05) is 10.5 Å². The van der Waals surface area contributed by atoms with Gasteiger partial charge in [-0.05, 0) is 40.2 Å². The van der Waals surface area contributed by atoms with Gasteiger partial charge in [-0.2, -0.15) is 10.1 Å². The maximum absolute atomic E-state index is 13.6. The molecule has 0 atom stereocenters. The number of benzene rings is 2. The standard InChI is InChI=1S/C15H10BrF2N5/c16-10-3-1-2-4-12(10)21-15-22-14(8-19-23-15)20-13-6-5-9(17)7-11(13)18/h1-8H,(H2,20,21,22,23). The topological polar surface area (TPSA) is 62.7 Å². The van der Waals surface area contributed by atoms with Crippen LogP contribution in [0.2, 0.25) is 0 Å². The molecular formula is C15H10BrF2N5. The quantitative estimate of drug-likeness (QED) is 0.705. The molecule has 3 aromatic rings. The fourth-order valence-electron chi connectivity index (χ4n) is 1.83. The first-order chi connectivity index (χ1) is 11.1. The van der Waals surface area contributed by atoms with Gasteiger partial charge in [0.15, 0.2) is 5.82 Å². The van der Waals surface area contributed by atoms with E-state index < -0.39 is 11.6 Å². The van der Waals surface area contributed by atoms with Crippen LogP contribution >= 0.6 is 15.9 Å². The first kappa shape index (κ1) is 15.3. The number of nitrogens with one attached hydrogen (secondary N) is 2. The predicted octanol–water partition coefficient (Wildman–Crippen LogP) is 4.40. The minimum atomic E-state index is -0.719. The summed E-state index contributed by atoms with van der Waals surface area (Å²) in [4.78, 5) is 4.19. The maximum atomic E-state index is 13.6. The van der Waals surface area contributed by atoms with Crippen molar-refractivity contribution in [3.8, 4) is 0 Å². The summed E-state index contributed by atoms with van der Waals surface area (Å²) in [7, 11) is 0. The summed E-state index contributed by atoms with van der Waals surface area (Å²) in [5.41, 5.74) is 0.859. The molecule has 0 spiro atoms. The number of rotatable bonds is 4. The van der Waals surface area contributed by atoms with Gasteiger partial charge < -0.3 is 10.6 Å². The van der Waals surface area contributed by atoms with Crippen molar-refractivity contribution in [2.75, 3.05) is 10.6 Å². The molecule has 116 valence electrons. The molecule has 0 saturated heterocycles. The molecule has 8 heteroatoms. The average molecular weight is 378 g/mol. The van der Waals surface area contributed by atoms with E-state index >= 15 is 0 Å². The number of nitrogens with zero attached hydrogens (tertiary/aromatic N) is 3. The van der Waals surface area contributed by atoms with Crippen LogP contribution in [0, 0.1) is 11.6 Å². The zero-order valence-electron chi connectivity index (χ0n) is 11.6. The molecule has 0 aliphatic rings. The summed E-state index contributed by atoms with van der Waals surface area (Å²) in [6.07, 6.45) is 1.34. The van der Waals surface area contributed by atoms with Gasteiger partial charge in [0.25, 0.3) is 0 Å². The molecule has 0 aliphatic carbocycles. The van der Waals surface area contributed by atoms with Crippen molar-refractivity contribution in [3.05, 3.63) is 64.8 Å². The second-order valence-corrected chi connectivity index (χ2v) is 5.37. The molecular weight excluding hydrogens is 368 g/mol. The maximum Gasteiger partial charge on any atom is 0.249 e. The first-order valence-corrected chi connectivity index (χ1v) is 7.34. The van der Waals surface area contributed by atoms with Crippen molar-refractivity contribution < 1.29 is 8.78 Å². The van der Waals surface area contributed by atoms with Gasteiger partial charge in [-0.1, -0.05) is 12.1 Å². The minimum Gasteiger partial charge on any atom is -0.336 e. The molecule has 0 aliphatic heterocycles. The zero-order valence-corrected chi connectivity index (χ0v) is 13.2. The van der Waals surface area contributed by atoms with Crippen molar-refractivity contribution in [2.24, 2.45) is 0 Å². The van der Waals surface area contributed by atoms with Crippen molar-refractivity contribution in [1.29, 1.82) is 0 Å². The van der Waals surface area contributed by atoms with Gasteiger partial charge in [0.2, 0.25) is 5.95 Å². The van der Waals surface area contributed by atoms with Crippen LogP contribution in [0.4, 0.5) is 31.9 Å². The first-order valence-electron chi connectivity index (χ1n) is 6.55. The molecule has 3 rings (SSSR count). The van der Waals surface area contributed by atoms with Gasteiger partial charge in [-0.25, -0.2) is 8.78 Å². The Morgan fingerprint density at radius 3 is 2.57 bits per heavy atom. The third-order valence-electron chi connectivity index (χ3n) is 2.87. The van der Waals surface area contributed by atoms with E-state index in [1.54, 1.807) is 0 Å². The van der Waals surface area contributed by atoms with Gasteiger partial charge in [0.05, 0.1) is 17.6 Å². The Kier molecular flexibility index (Phi) is 4.42. The van der Waals surface area contributed by atoms with Gasteiger partial charge in [0.1, 0.15) is 11.6 Å². The molecule has 1 aromatic heterocycles. The Morgan fingerprint density at radius 2 is 1.78 bits per heavy atom. The molecule has 5 nitrogen and oxygen atoms in total. The Labute approximate surface area is 138 Å². The highest BCUT2D eigenvalue weighted by Gasteiger charge is 2.07. The fourth-order valence-corrected chi connectivity index (χ4v) is 2.21. The van der Waals surface area contributed by atoms with E-state index in [2.05, 4.69) is 41.7 Å². The Morgan fingerprint density at radius 1 is 0.957 bits per heavy atom. The molecule has 0 unspecified atom stereocenters. The lowest BCUT2D eigenvalue weighted by molar-refractivity contribution is 0.586. The molecule has 2 N–H and O–H groups in total. The van der Waals surface area contributed by atoms with Crippen LogP contribution in [0.15, 0.2) is 53.1 Å². The number of aromatic nitrogens is 3. The van der Waals surface area contributed by atoms with Crippen molar-refractivity contribution >= 4 is 39.1 Å². The molecule has 0 radical (unpaired) electrons. The summed E-state index contributed by atoms with van der Waals surface area (Å²) in [5, 5.41) is 13.4. The van der Waals surface area contributed by atoms with Crippen LogP contribution in [0.3, 0.4) is 0 Å². The normalized spacial score (nSPS) is 10.4. The number of hydrogen-bond donors (Lipinski definition) is 2. The lowest BCUT2D eigenvalue weighted by Crippen LogP contribution is -2.03. The Balaban J connectivity index is 1.81. The van der Waals surface area contributed by atoms with Crippen LogP contribution in [0.5, 0.6) is 0 Å². The monoisotopic (exact) mass is 377 g/mol. The van der Waals surface area contributed by atoms with Crippen molar-refractivity contribution in [3.63, 3.8) is 0 Å². The summed E-state index contributed by atoms with van der Waals surface area (Å²) >= 11 is 3.40. The van der Waals surface area contributed by atoms with E-state index in [0.717, 1.165) is 22.3 Å². The van der Waals surface area contributed by atoms with Crippen LogP contribution < -0.4 is 10.6 Å². The van der Waals surface area contributed by atoms with E-state index in [1.807, 2.05) is 24.3 Å². The van der Waals surface area contributed by atoms with Crippen LogP contribution in [0.1, 0.15) is 0 Å². The second-order valence-electron chi connectivity index (χ2n) is 4.52. The summed E-state index contributed by atoms with van der Waals surface area (Å²) < 4.78 is 27.4. The van der Waals surface area contributed by atoms with E-state index in [4.69, 9.17) is 0 Å². The third-order valence-corrected chi connectivity index (χ3v) is 3.56. The lowest BCUT2D eigenvalue weighted by Gasteiger charge is -2.09. The molecule has 0 amide bonds. The number of halogens is 3. The predicted molar refractivity (Wildman–Crippen MR) is 86.9 cm³/mol. The van der Waals surface area contributed by atoms with Gasteiger partial charge in [-0.3, -0.25) is 0 Å². The lowest BCUT2D eigenvalue weighted by atomic mass is 10.3. The smallest absolute Gasteiger partial charge is 0.249 e. The second kappa shape index (κ2) is 6.66. The van der Waals surface area contributed by atoms with Gasteiger partial charge >= 0.3 is 0 Å². The van der Waals surface area contributed by atoms with Crippen LogP contribution in [-0.4, -0.2) is 15.2 Å². The number of hydrogen-bond acceptors (Lipinski definition) is 5. The highest BCUT2D eigenvalue weighted by Crippen LogP contribution is 2.24. The third kappa shape index (κ3) is 3.78. The van der Waals surface area contributed by atoms with E-state index in [1.165, 1.54) is 12.3 Å². The molecule has 0 bridgehead atoms. The highest BCUT2D eigenvalue weighted by molar-refractivity contribution is 9.10. The fraction of sp³-hybridized carbons (Fsp3) is 0. The summed E-state index contributed by atoms with van der Waals surface area (Å²) in [6.45, 7) is 0. The highest BCUT2D eigenvalue weighted by atomic mass is 79.9. The van der Waals surface area contributed by atoms with Crippen LogP contribution in [0.25, 0.3) is 0 Å². The molecule has 0 fully saturated rings. The van der Waals surface area contributed by atoms with Crippen molar-refractivity contribution in [2.45, 2.75) is 0 Å². The van der Waals surface area contributed by atoms with Crippen molar-refractivity contribution in [1.82, 2.24) is 15.2 Å². The largest absolute Gasteiger partial charge is 0.336 e. The van der Waals surface area contributed by atoms with E-state index in [0.29, 0.717) is 0 Å². The summed E-state index contributed by atoms with van der Waals surface area (Å²) in [6, 6.07) is 10.7. The number of para-hydroxylation sites is 1. The molecule has 23 heavy (non-hydrogen) atoms. The Bertz CT molecular complexity index is 844. The molecule has 1 heterocycles. The summed E-state index contributed by atoms with van der Waals surface area (Å²) in [5.74, 6) is -0.849.